The van der Waals surface area contributed by atoms with Crippen molar-refractivity contribution in [2.45, 2.75) is 25.0 Å². The van der Waals surface area contributed by atoms with Gasteiger partial charge in [-0.15, -0.1) is 12.4 Å². The van der Waals surface area contributed by atoms with Gasteiger partial charge in [-0.2, -0.15) is 0 Å². The number of fused-ring (bicyclic) bond motifs is 1. The topological polar surface area (TPSA) is 46.2 Å². The highest BCUT2D eigenvalue weighted by atomic mass is 79.9. The summed E-state index contributed by atoms with van der Waals surface area (Å²) in [5.74, 6) is 0. The first-order valence-corrected chi connectivity index (χ1v) is 5.20. The van der Waals surface area contributed by atoms with Crippen LogP contribution in [-0.4, -0.2) is 11.1 Å². The number of aryl methyl sites for hydroxylation is 1. The smallest absolute Gasteiger partial charge is 0.0943 e. The van der Waals surface area contributed by atoms with Crippen molar-refractivity contribution in [3.63, 3.8) is 0 Å². The van der Waals surface area contributed by atoms with Crippen molar-refractivity contribution in [1.29, 1.82) is 0 Å². The van der Waals surface area contributed by atoms with E-state index in [1.54, 1.807) is 0 Å². The number of aliphatic hydroxyl groups excluding tert-OH is 1. The molecule has 1 aliphatic rings. The minimum Gasteiger partial charge on any atom is -0.387 e. The molecule has 0 saturated carbocycles. The van der Waals surface area contributed by atoms with Crippen molar-refractivity contribution in [3.8, 4) is 0 Å². The molecular formula is C10H13BrClNO. The molecule has 0 unspecified atom stereocenters. The summed E-state index contributed by atoms with van der Waals surface area (Å²) >= 11 is 3.41. The fourth-order valence-corrected chi connectivity index (χ4v) is 2.20. The van der Waals surface area contributed by atoms with Crippen molar-refractivity contribution in [2.75, 3.05) is 0 Å². The summed E-state index contributed by atoms with van der Waals surface area (Å²) in [6.07, 6.45) is 1.34. The SMILES string of the molecule is Cl.N[C@@H]1CCc2cc(Br)ccc2[C@H]1O. The average Bonchev–Trinajstić information content (AvgIpc) is 2.12. The molecule has 78 valence electrons. The molecule has 1 aliphatic carbocycles. The molecule has 0 amide bonds. The van der Waals surface area contributed by atoms with Crippen LogP contribution in [0.3, 0.4) is 0 Å². The van der Waals surface area contributed by atoms with Crippen LogP contribution in [0.2, 0.25) is 0 Å². The van der Waals surface area contributed by atoms with Crippen molar-refractivity contribution in [3.05, 3.63) is 33.8 Å². The van der Waals surface area contributed by atoms with Gasteiger partial charge in [-0.05, 0) is 36.1 Å². The van der Waals surface area contributed by atoms with Crippen LogP contribution in [0, 0.1) is 0 Å². The van der Waals surface area contributed by atoms with Crippen LogP contribution in [0.15, 0.2) is 22.7 Å². The summed E-state index contributed by atoms with van der Waals surface area (Å²) in [6.45, 7) is 0. The van der Waals surface area contributed by atoms with E-state index in [0.29, 0.717) is 0 Å². The molecule has 2 atom stereocenters. The van der Waals surface area contributed by atoms with E-state index in [-0.39, 0.29) is 18.4 Å². The van der Waals surface area contributed by atoms with Gasteiger partial charge >= 0.3 is 0 Å². The maximum atomic E-state index is 9.78. The second-order valence-corrected chi connectivity index (χ2v) is 4.41. The van der Waals surface area contributed by atoms with Gasteiger partial charge < -0.3 is 10.8 Å². The van der Waals surface area contributed by atoms with Gasteiger partial charge in [-0.25, -0.2) is 0 Å². The number of nitrogens with two attached hydrogens (primary N) is 1. The number of hydrogen-bond donors (Lipinski definition) is 2. The summed E-state index contributed by atoms with van der Waals surface area (Å²) in [5, 5.41) is 9.78. The van der Waals surface area contributed by atoms with Crippen LogP contribution in [0.4, 0.5) is 0 Å². The lowest BCUT2D eigenvalue weighted by molar-refractivity contribution is 0.134. The Labute approximate surface area is 98.0 Å². The van der Waals surface area contributed by atoms with Crippen molar-refractivity contribution >= 4 is 28.3 Å². The zero-order valence-electron chi connectivity index (χ0n) is 7.61. The Bertz CT molecular complexity index is 332. The maximum absolute atomic E-state index is 9.78. The number of benzene rings is 1. The molecule has 3 N–H and O–H groups in total. The highest BCUT2D eigenvalue weighted by molar-refractivity contribution is 9.10. The van der Waals surface area contributed by atoms with Gasteiger partial charge in [0.05, 0.1) is 6.10 Å². The molecule has 14 heavy (non-hydrogen) atoms. The highest BCUT2D eigenvalue weighted by Crippen LogP contribution is 2.30. The third-order valence-electron chi connectivity index (χ3n) is 2.58. The summed E-state index contributed by atoms with van der Waals surface area (Å²) < 4.78 is 1.06. The third-order valence-corrected chi connectivity index (χ3v) is 3.07. The van der Waals surface area contributed by atoms with E-state index in [2.05, 4.69) is 22.0 Å². The number of aliphatic hydroxyl groups is 1. The Hall–Kier alpha value is -0.0900. The first-order chi connectivity index (χ1) is 6.18. The summed E-state index contributed by atoms with van der Waals surface area (Å²) in [4.78, 5) is 0. The summed E-state index contributed by atoms with van der Waals surface area (Å²) in [6, 6.07) is 5.85. The molecule has 0 aliphatic heterocycles. The van der Waals surface area contributed by atoms with Gasteiger partial charge in [0.2, 0.25) is 0 Å². The molecule has 1 aromatic rings. The Balaban J connectivity index is 0.000000980. The molecule has 0 fully saturated rings. The predicted molar refractivity (Wildman–Crippen MR) is 62.6 cm³/mol. The average molecular weight is 279 g/mol. The molecule has 0 bridgehead atoms. The van der Waals surface area contributed by atoms with Crippen LogP contribution < -0.4 is 5.73 Å². The molecule has 0 heterocycles. The van der Waals surface area contributed by atoms with Crippen LogP contribution >= 0.6 is 28.3 Å². The first kappa shape index (κ1) is 12.0. The Morgan fingerprint density at radius 3 is 2.86 bits per heavy atom. The molecule has 1 aromatic carbocycles. The van der Waals surface area contributed by atoms with Crippen LogP contribution in [-0.2, 0) is 6.42 Å². The molecule has 2 rings (SSSR count). The molecule has 0 saturated heterocycles. The van der Waals surface area contributed by atoms with Gasteiger partial charge in [0, 0.05) is 10.5 Å². The Morgan fingerprint density at radius 2 is 2.14 bits per heavy atom. The quantitative estimate of drug-likeness (QED) is 0.764. The summed E-state index contributed by atoms with van der Waals surface area (Å²) in [7, 11) is 0. The molecule has 0 radical (unpaired) electrons. The van der Waals surface area contributed by atoms with E-state index in [9.17, 15) is 5.11 Å². The normalized spacial score (nSPS) is 25.1. The monoisotopic (exact) mass is 277 g/mol. The zero-order valence-corrected chi connectivity index (χ0v) is 10.0. The fourth-order valence-electron chi connectivity index (χ4n) is 1.79. The third kappa shape index (κ3) is 2.11. The Morgan fingerprint density at radius 1 is 1.43 bits per heavy atom. The molecule has 2 nitrogen and oxygen atoms in total. The number of rotatable bonds is 0. The van der Waals surface area contributed by atoms with Gasteiger partial charge in [0.15, 0.2) is 0 Å². The number of halogens is 2. The Kier molecular flexibility index (Phi) is 3.95. The second-order valence-electron chi connectivity index (χ2n) is 3.49. The van der Waals surface area contributed by atoms with Crippen LogP contribution in [0.5, 0.6) is 0 Å². The zero-order chi connectivity index (χ0) is 9.42. The van der Waals surface area contributed by atoms with E-state index in [1.807, 2.05) is 12.1 Å². The predicted octanol–water partition coefficient (Wildman–Crippen LogP) is 2.18. The molecule has 0 spiro atoms. The lowest BCUT2D eigenvalue weighted by atomic mass is 9.86. The second kappa shape index (κ2) is 4.62. The molecule has 0 aromatic heterocycles. The maximum Gasteiger partial charge on any atom is 0.0943 e. The van der Waals surface area contributed by atoms with E-state index in [1.165, 1.54) is 5.56 Å². The molecular weight excluding hydrogens is 265 g/mol. The van der Waals surface area contributed by atoms with Gasteiger partial charge in [0.25, 0.3) is 0 Å². The van der Waals surface area contributed by atoms with Gasteiger partial charge in [0.1, 0.15) is 0 Å². The number of hydrogen-bond acceptors (Lipinski definition) is 2. The van der Waals surface area contributed by atoms with E-state index >= 15 is 0 Å². The minimum absolute atomic E-state index is 0. The lowest BCUT2D eigenvalue weighted by Crippen LogP contribution is -2.32. The lowest BCUT2D eigenvalue weighted by Gasteiger charge is -2.27. The van der Waals surface area contributed by atoms with Gasteiger partial charge in [-0.1, -0.05) is 22.0 Å². The van der Waals surface area contributed by atoms with E-state index < -0.39 is 6.10 Å². The minimum atomic E-state index is -0.489. The largest absolute Gasteiger partial charge is 0.387 e. The standard InChI is InChI=1S/C10H12BrNO.ClH/c11-7-2-3-8-6(5-7)1-4-9(12)10(8)13;/h2-3,5,9-10,13H,1,4,12H2;1H/t9-,10-;/m1./s1. The van der Waals surface area contributed by atoms with Crippen LogP contribution in [0.1, 0.15) is 23.7 Å². The van der Waals surface area contributed by atoms with Gasteiger partial charge in [-0.3, -0.25) is 0 Å². The van der Waals surface area contributed by atoms with Crippen molar-refractivity contribution in [2.24, 2.45) is 5.73 Å². The fraction of sp³-hybridized carbons (Fsp3) is 0.400. The highest BCUT2D eigenvalue weighted by Gasteiger charge is 2.24. The van der Waals surface area contributed by atoms with Crippen molar-refractivity contribution < 1.29 is 5.11 Å². The summed E-state index contributed by atoms with van der Waals surface area (Å²) in [5.41, 5.74) is 7.97. The van der Waals surface area contributed by atoms with Crippen molar-refractivity contribution in [1.82, 2.24) is 0 Å². The molecule has 4 heteroatoms. The van der Waals surface area contributed by atoms with Crippen LogP contribution in [0.25, 0.3) is 0 Å². The first-order valence-electron chi connectivity index (χ1n) is 4.40. The van der Waals surface area contributed by atoms with E-state index in [4.69, 9.17) is 5.73 Å². The van der Waals surface area contributed by atoms with E-state index in [0.717, 1.165) is 22.9 Å².